The van der Waals surface area contributed by atoms with Gasteiger partial charge in [0.05, 0.1) is 17.2 Å². The van der Waals surface area contributed by atoms with Crippen molar-refractivity contribution < 1.29 is 40.2 Å². The summed E-state index contributed by atoms with van der Waals surface area (Å²) in [6.45, 7) is 5.92. The van der Waals surface area contributed by atoms with Crippen LogP contribution in [-0.2, 0) is 20.2 Å². The molecule has 0 bridgehead atoms. The van der Waals surface area contributed by atoms with E-state index in [1.807, 2.05) is 42.5 Å². The van der Waals surface area contributed by atoms with Crippen LogP contribution in [0.3, 0.4) is 0 Å². The molecule has 0 aromatic heterocycles. The molecule has 55 heavy (non-hydrogen) atoms. The van der Waals surface area contributed by atoms with Crippen molar-refractivity contribution in [2.45, 2.75) is 23.6 Å². The number of hydrogen-bond donors (Lipinski definition) is 3. The topological polar surface area (TPSA) is 172 Å². The molecule has 1 aliphatic heterocycles. The largest absolute Gasteiger partial charge is 0.506 e. The summed E-state index contributed by atoms with van der Waals surface area (Å²) in [6.07, 6.45) is 6.85. The number of anilines is 1. The minimum atomic E-state index is -5.23. The predicted molar refractivity (Wildman–Crippen MR) is 217 cm³/mol. The van der Waals surface area contributed by atoms with Gasteiger partial charge < -0.3 is 19.2 Å². The average molecular weight is 823 g/mol. The summed E-state index contributed by atoms with van der Waals surface area (Å²) in [5.41, 5.74) is 1.72. The van der Waals surface area contributed by atoms with Crippen molar-refractivity contribution in [2.75, 3.05) is 25.1 Å². The van der Waals surface area contributed by atoms with Crippen LogP contribution in [0, 0.1) is 0 Å². The third kappa shape index (κ3) is 8.27. The highest BCUT2D eigenvalue weighted by molar-refractivity contribution is 7.87. The van der Waals surface area contributed by atoms with Gasteiger partial charge in [-0.3, -0.25) is 13.9 Å². The second-order valence-corrected chi connectivity index (χ2v) is 15.9. The second kappa shape index (κ2) is 15.5. The molecule has 0 saturated heterocycles. The summed E-state index contributed by atoms with van der Waals surface area (Å²) in [4.78, 5) is 12.9. The zero-order valence-corrected chi connectivity index (χ0v) is 32.6. The molecule has 11 nitrogen and oxygen atoms in total. The van der Waals surface area contributed by atoms with Crippen LogP contribution in [-0.4, -0.2) is 51.2 Å². The molecule has 0 radical (unpaired) electrons. The molecule has 0 saturated carbocycles. The van der Waals surface area contributed by atoms with Gasteiger partial charge in [-0.25, -0.2) is 0 Å². The third-order valence-electron chi connectivity index (χ3n) is 8.94. The maximum atomic E-state index is 13.0. The molecular weight excluding hydrogens is 789 g/mol. The van der Waals surface area contributed by atoms with Crippen molar-refractivity contribution in [1.82, 2.24) is 0 Å². The molecule has 0 atom stereocenters. The predicted octanol–water partition coefficient (Wildman–Crippen LogP) is 9.27. The highest BCUT2D eigenvalue weighted by Crippen LogP contribution is 2.47. The first-order chi connectivity index (χ1) is 26.0. The lowest BCUT2D eigenvalue weighted by molar-refractivity contribution is 0.414. The fourth-order valence-electron chi connectivity index (χ4n) is 6.25. The van der Waals surface area contributed by atoms with Crippen molar-refractivity contribution in [3.63, 3.8) is 0 Å². The third-order valence-corrected chi connectivity index (χ3v) is 11.3. The van der Waals surface area contributed by atoms with E-state index in [9.17, 15) is 35.8 Å². The lowest BCUT2D eigenvalue weighted by Crippen LogP contribution is -2.21. The van der Waals surface area contributed by atoms with E-state index in [1.54, 1.807) is 25.3 Å². The highest BCUT2D eigenvalue weighted by atomic mass is 35.5. The maximum absolute atomic E-state index is 13.0. The van der Waals surface area contributed by atoms with Crippen LogP contribution >= 0.6 is 23.2 Å². The number of nitrogens with zero attached hydrogens (tertiary/aromatic N) is 1. The Morgan fingerprint density at radius 3 is 1.87 bits per heavy atom. The summed E-state index contributed by atoms with van der Waals surface area (Å²) in [5, 5.41) is 9.72. The Labute approximate surface area is 327 Å². The average Bonchev–Trinajstić information content (AvgIpc) is 3.13. The molecule has 2 aliphatic rings. The standard InChI is InChI=1S/C40H33Cl2NO10S2/c1-4-43(5-2)27-15-14-26(34(18-27)52-3)13-12-24-8-6-23(7-9-24)10-11-25-16-37(54(46,47)48)40(38(17-25)55(49,50)51)39-28-19-30(41)32(44)21-35(28)53-36-22-33(45)31(42)20-29(36)39/h6-22,44H,4-5H2,1-3H3,(H,46,47,48)(H,49,50,51)/b11-10+,13-12+. The first-order valence-electron chi connectivity index (χ1n) is 16.6. The van der Waals surface area contributed by atoms with Gasteiger partial charge in [0.25, 0.3) is 20.2 Å². The Morgan fingerprint density at radius 2 is 1.31 bits per heavy atom. The highest BCUT2D eigenvalue weighted by Gasteiger charge is 2.31. The fourth-order valence-corrected chi connectivity index (χ4v) is 8.15. The quantitative estimate of drug-likeness (QED) is 0.0646. The Kier molecular flexibility index (Phi) is 11.2. The summed E-state index contributed by atoms with van der Waals surface area (Å²) in [6, 6.07) is 19.7. The first-order valence-corrected chi connectivity index (χ1v) is 20.3. The molecule has 0 fully saturated rings. The van der Waals surface area contributed by atoms with E-state index in [1.165, 1.54) is 12.1 Å². The summed E-state index contributed by atoms with van der Waals surface area (Å²) >= 11 is 12.4. The van der Waals surface area contributed by atoms with Crippen molar-refractivity contribution in [2.24, 2.45) is 0 Å². The van der Waals surface area contributed by atoms with Gasteiger partial charge in [0, 0.05) is 64.6 Å². The number of ether oxygens (including phenoxy) is 1. The number of benzene rings is 5. The number of methoxy groups -OCH3 is 1. The molecule has 0 unspecified atom stereocenters. The lowest BCUT2D eigenvalue weighted by atomic mass is 9.92. The smallest absolute Gasteiger partial charge is 0.295 e. The zero-order chi connectivity index (χ0) is 39.8. The van der Waals surface area contributed by atoms with Crippen LogP contribution in [0.5, 0.6) is 11.5 Å². The first kappa shape index (κ1) is 39.5. The molecule has 1 heterocycles. The minimum absolute atomic E-state index is 0.0157. The van der Waals surface area contributed by atoms with Gasteiger partial charge in [-0.2, -0.15) is 16.8 Å². The zero-order valence-electron chi connectivity index (χ0n) is 29.4. The Bertz CT molecular complexity index is 2720. The second-order valence-electron chi connectivity index (χ2n) is 12.3. The maximum Gasteiger partial charge on any atom is 0.295 e. The van der Waals surface area contributed by atoms with E-state index in [-0.39, 0.29) is 43.5 Å². The van der Waals surface area contributed by atoms with Crippen LogP contribution in [0.15, 0.2) is 97.9 Å². The van der Waals surface area contributed by atoms with E-state index in [0.29, 0.717) is 5.56 Å². The molecule has 0 spiro atoms. The molecule has 284 valence electrons. The fraction of sp³-hybridized carbons (Fsp3) is 0.125. The molecule has 4 aromatic rings. The van der Waals surface area contributed by atoms with E-state index in [0.717, 1.165) is 66.0 Å². The van der Waals surface area contributed by atoms with E-state index in [2.05, 4.69) is 18.7 Å². The summed E-state index contributed by atoms with van der Waals surface area (Å²) < 4.78 is 84.6. The van der Waals surface area contributed by atoms with Gasteiger partial charge in [0.1, 0.15) is 32.6 Å². The number of halogens is 2. The van der Waals surface area contributed by atoms with Crippen molar-refractivity contribution in [1.29, 1.82) is 0 Å². The molecule has 4 aromatic carbocycles. The van der Waals surface area contributed by atoms with Crippen LogP contribution in [0.2, 0.25) is 10.0 Å². The van der Waals surface area contributed by atoms with Gasteiger partial charge in [0.15, 0.2) is 0 Å². The molecule has 1 aliphatic carbocycles. The number of fused-ring (bicyclic) bond motifs is 2. The molecule has 6 rings (SSSR count). The Balaban J connectivity index is 1.43. The monoisotopic (exact) mass is 821 g/mol. The number of phenolic OH excluding ortho intramolecular Hbond substituents is 1. The van der Waals surface area contributed by atoms with Gasteiger partial charge in [0.2, 0.25) is 5.43 Å². The number of rotatable bonds is 11. The van der Waals surface area contributed by atoms with Crippen molar-refractivity contribution >= 4 is 84.4 Å². The van der Waals surface area contributed by atoms with Crippen molar-refractivity contribution in [3.8, 4) is 33.9 Å². The summed E-state index contributed by atoms with van der Waals surface area (Å²) in [5.74, 6) is 0.123. The van der Waals surface area contributed by atoms with E-state index < -0.39 is 46.8 Å². The Hall–Kier alpha value is -5.15. The normalized spacial score (nSPS) is 12.3. The molecule has 3 N–H and O–H groups in total. The van der Waals surface area contributed by atoms with Gasteiger partial charge >= 0.3 is 0 Å². The Morgan fingerprint density at radius 1 is 0.727 bits per heavy atom. The van der Waals surface area contributed by atoms with E-state index in [4.69, 9.17) is 32.4 Å². The molecule has 15 heteroatoms. The van der Waals surface area contributed by atoms with E-state index >= 15 is 0 Å². The van der Waals surface area contributed by atoms with Gasteiger partial charge in [-0.15, -0.1) is 0 Å². The van der Waals surface area contributed by atoms with Gasteiger partial charge in [-0.1, -0.05) is 71.8 Å². The minimum Gasteiger partial charge on any atom is -0.506 e. The van der Waals surface area contributed by atoms with Crippen LogP contribution in [0.4, 0.5) is 5.69 Å². The number of aromatic hydroxyl groups is 1. The molecular formula is C40H33Cl2NO10S2. The summed E-state index contributed by atoms with van der Waals surface area (Å²) in [7, 11) is -8.84. The lowest BCUT2D eigenvalue weighted by Gasteiger charge is -2.22. The number of hydrogen-bond acceptors (Lipinski definition) is 9. The van der Waals surface area contributed by atoms with Gasteiger partial charge in [-0.05, 0) is 66.9 Å². The molecule has 0 amide bonds. The number of phenols is 1. The van der Waals surface area contributed by atoms with Crippen LogP contribution in [0.25, 0.3) is 57.7 Å². The SMILES string of the molecule is CCN(CC)c1ccc(/C=C/c2ccc(/C=C/c3cc(S(=O)(=O)O)c(-c4c5cc(Cl)c(=O)cc-5oc5cc(O)c(Cl)cc45)c(S(=O)(=O)O)c3)cc2)c(OC)c1. The van der Waals surface area contributed by atoms with Crippen LogP contribution in [0.1, 0.15) is 36.1 Å². The van der Waals surface area contributed by atoms with Crippen molar-refractivity contribution in [3.05, 3.63) is 121 Å². The van der Waals surface area contributed by atoms with Crippen LogP contribution < -0.4 is 15.1 Å².